The first-order valence-electron chi connectivity index (χ1n) is 9.18. The Balaban J connectivity index is 1.60. The molecule has 1 amide bonds. The van der Waals surface area contributed by atoms with E-state index in [1.165, 1.54) is 4.57 Å². The van der Waals surface area contributed by atoms with E-state index in [0.29, 0.717) is 22.4 Å². The Kier molecular flexibility index (Phi) is 5.23. The van der Waals surface area contributed by atoms with E-state index in [4.69, 9.17) is 4.42 Å². The van der Waals surface area contributed by atoms with Crippen molar-refractivity contribution in [3.63, 3.8) is 0 Å². The Bertz CT molecular complexity index is 1080. The Morgan fingerprint density at radius 2 is 1.71 bits per heavy atom. The van der Waals surface area contributed by atoms with E-state index in [2.05, 4.69) is 26.1 Å². The first-order chi connectivity index (χ1) is 13.1. The lowest BCUT2D eigenvalue weighted by molar-refractivity contribution is -0.116. The predicted molar refractivity (Wildman–Crippen MR) is 109 cm³/mol. The highest BCUT2D eigenvalue weighted by molar-refractivity contribution is 6.00. The van der Waals surface area contributed by atoms with Crippen LogP contribution in [0.3, 0.4) is 0 Å². The first kappa shape index (κ1) is 19.6. The van der Waals surface area contributed by atoms with Gasteiger partial charge in [-0.2, -0.15) is 0 Å². The zero-order valence-electron chi connectivity index (χ0n) is 16.5. The van der Waals surface area contributed by atoms with Gasteiger partial charge in [0.2, 0.25) is 5.91 Å². The third kappa shape index (κ3) is 4.22. The van der Waals surface area contributed by atoms with Crippen molar-refractivity contribution in [2.75, 3.05) is 5.32 Å². The van der Waals surface area contributed by atoms with Gasteiger partial charge in [0.1, 0.15) is 0 Å². The molecule has 146 valence electrons. The molecule has 0 saturated heterocycles. The van der Waals surface area contributed by atoms with Crippen LogP contribution in [-0.4, -0.2) is 16.3 Å². The molecule has 1 aromatic heterocycles. The summed E-state index contributed by atoms with van der Waals surface area (Å²) in [4.78, 5) is 36.1. The van der Waals surface area contributed by atoms with Crippen LogP contribution >= 0.6 is 0 Å². The SMILES string of the molecule is Cn1c(=O)oc2ccc(NC(=O)CCC(=O)c3ccc(C(C)(C)C)cc3)cc21. The van der Waals surface area contributed by atoms with Crippen molar-refractivity contribution >= 4 is 28.5 Å². The number of benzene rings is 2. The topological polar surface area (TPSA) is 81.3 Å². The zero-order valence-corrected chi connectivity index (χ0v) is 16.5. The van der Waals surface area contributed by atoms with Crippen molar-refractivity contribution in [1.82, 2.24) is 4.57 Å². The van der Waals surface area contributed by atoms with Crippen LogP contribution in [0.25, 0.3) is 11.1 Å². The minimum absolute atomic E-state index is 0.0288. The monoisotopic (exact) mass is 380 g/mol. The summed E-state index contributed by atoms with van der Waals surface area (Å²) >= 11 is 0. The molecule has 0 aliphatic rings. The number of hydrogen-bond acceptors (Lipinski definition) is 4. The second-order valence-corrected chi connectivity index (χ2v) is 7.91. The number of amides is 1. The molecule has 0 fully saturated rings. The van der Waals surface area contributed by atoms with Crippen LogP contribution in [0.5, 0.6) is 0 Å². The number of oxazole rings is 1. The van der Waals surface area contributed by atoms with Crippen LogP contribution in [0, 0.1) is 0 Å². The number of nitrogens with one attached hydrogen (secondary N) is 1. The van der Waals surface area contributed by atoms with Gasteiger partial charge in [0.15, 0.2) is 11.4 Å². The van der Waals surface area contributed by atoms with E-state index in [9.17, 15) is 14.4 Å². The van der Waals surface area contributed by atoms with Gasteiger partial charge in [-0.25, -0.2) is 4.79 Å². The third-order valence-corrected chi connectivity index (χ3v) is 4.73. The van der Waals surface area contributed by atoms with Gasteiger partial charge in [0.05, 0.1) is 5.52 Å². The molecule has 0 saturated carbocycles. The molecule has 0 radical (unpaired) electrons. The Morgan fingerprint density at radius 3 is 2.36 bits per heavy atom. The average Bonchev–Trinajstić information content (AvgIpc) is 2.93. The fraction of sp³-hybridized carbons (Fsp3) is 0.318. The van der Waals surface area contributed by atoms with Crippen LogP contribution in [-0.2, 0) is 17.3 Å². The van der Waals surface area contributed by atoms with Gasteiger partial charge in [-0.1, -0.05) is 45.0 Å². The summed E-state index contributed by atoms with van der Waals surface area (Å²) in [7, 11) is 1.60. The average molecular weight is 380 g/mol. The quantitative estimate of drug-likeness (QED) is 0.678. The van der Waals surface area contributed by atoms with Gasteiger partial charge < -0.3 is 9.73 Å². The van der Waals surface area contributed by atoms with Crippen molar-refractivity contribution in [3.05, 3.63) is 64.1 Å². The fourth-order valence-corrected chi connectivity index (χ4v) is 2.96. The van der Waals surface area contributed by atoms with Crippen molar-refractivity contribution in [1.29, 1.82) is 0 Å². The van der Waals surface area contributed by atoms with Crippen molar-refractivity contribution in [3.8, 4) is 0 Å². The summed E-state index contributed by atoms with van der Waals surface area (Å²) in [6.45, 7) is 6.35. The molecule has 0 aliphatic carbocycles. The highest BCUT2D eigenvalue weighted by atomic mass is 16.4. The molecule has 6 nitrogen and oxygen atoms in total. The van der Waals surface area contributed by atoms with E-state index in [1.807, 2.05) is 24.3 Å². The lowest BCUT2D eigenvalue weighted by atomic mass is 9.86. The molecule has 1 N–H and O–H groups in total. The van der Waals surface area contributed by atoms with Crippen molar-refractivity contribution < 1.29 is 14.0 Å². The number of ketones is 1. The third-order valence-electron chi connectivity index (χ3n) is 4.73. The maximum absolute atomic E-state index is 12.4. The molecule has 0 spiro atoms. The molecule has 3 aromatic rings. The number of nitrogens with zero attached hydrogens (tertiary/aromatic N) is 1. The van der Waals surface area contributed by atoms with E-state index >= 15 is 0 Å². The number of hydrogen-bond donors (Lipinski definition) is 1. The molecule has 3 rings (SSSR count). The highest BCUT2D eigenvalue weighted by Crippen LogP contribution is 2.23. The predicted octanol–water partition coefficient (Wildman–Crippen LogP) is 4.03. The van der Waals surface area contributed by atoms with Crippen LogP contribution in [0.15, 0.2) is 51.7 Å². The van der Waals surface area contributed by atoms with E-state index in [1.54, 1.807) is 25.2 Å². The maximum atomic E-state index is 12.4. The molecule has 0 atom stereocenters. The van der Waals surface area contributed by atoms with Crippen LogP contribution in [0.4, 0.5) is 5.69 Å². The van der Waals surface area contributed by atoms with Gasteiger partial charge in [-0.3, -0.25) is 14.2 Å². The number of fused-ring (bicyclic) bond motifs is 1. The molecular formula is C22H24N2O4. The lowest BCUT2D eigenvalue weighted by Gasteiger charge is -2.18. The number of aryl methyl sites for hydroxylation is 1. The summed E-state index contributed by atoms with van der Waals surface area (Å²) in [5.74, 6) is -0.780. The molecule has 2 aromatic carbocycles. The largest absolute Gasteiger partial charge is 0.419 e. The second-order valence-electron chi connectivity index (χ2n) is 7.91. The number of anilines is 1. The standard InChI is InChI=1S/C22H24N2O4/c1-22(2,3)15-7-5-14(6-8-15)18(25)10-12-20(26)23-16-9-11-19-17(13-16)24(4)21(27)28-19/h5-9,11,13H,10,12H2,1-4H3,(H,23,26). The highest BCUT2D eigenvalue weighted by Gasteiger charge is 2.15. The number of carbonyl (C=O) groups is 2. The minimum Gasteiger partial charge on any atom is -0.408 e. The molecule has 0 bridgehead atoms. The molecule has 0 unspecified atom stereocenters. The van der Waals surface area contributed by atoms with Crippen LogP contribution in [0.1, 0.15) is 49.5 Å². The van der Waals surface area contributed by atoms with E-state index < -0.39 is 5.76 Å². The minimum atomic E-state index is -0.457. The molecule has 6 heteroatoms. The number of carbonyl (C=O) groups excluding carboxylic acids is 2. The van der Waals surface area contributed by atoms with Crippen molar-refractivity contribution in [2.45, 2.75) is 39.0 Å². The fourth-order valence-electron chi connectivity index (χ4n) is 2.96. The van der Waals surface area contributed by atoms with Gasteiger partial charge in [-0.05, 0) is 29.2 Å². The Labute approximate surface area is 163 Å². The van der Waals surface area contributed by atoms with Gasteiger partial charge in [-0.15, -0.1) is 0 Å². The van der Waals surface area contributed by atoms with Crippen LogP contribution < -0.4 is 11.1 Å². The summed E-state index contributed by atoms with van der Waals surface area (Å²) in [6, 6.07) is 12.5. The summed E-state index contributed by atoms with van der Waals surface area (Å²) < 4.78 is 6.44. The van der Waals surface area contributed by atoms with Gasteiger partial charge in [0.25, 0.3) is 0 Å². The van der Waals surface area contributed by atoms with E-state index in [0.717, 1.165) is 5.56 Å². The Morgan fingerprint density at radius 1 is 1.04 bits per heavy atom. The van der Waals surface area contributed by atoms with Gasteiger partial charge in [0, 0.05) is 31.1 Å². The van der Waals surface area contributed by atoms with Crippen molar-refractivity contribution in [2.24, 2.45) is 7.05 Å². The van der Waals surface area contributed by atoms with Gasteiger partial charge >= 0.3 is 5.76 Å². The maximum Gasteiger partial charge on any atom is 0.419 e. The summed E-state index contributed by atoms with van der Waals surface area (Å²) in [5, 5.41) is 2.76. The molecule has 1 heterocycles. The molecular weight excluding hydrogens is 356 g/mol. The Hall–Kier alpha value is -3.15. The number of aromatic nitrogens is 1. The number of rotatable bonds is 5. The van der Waals surface area contributed by atoms with E-state index in [-0.39, 0.29) is 29.9 Å². The summed E-state index contributed by atoms with van der Waals surface area (Å²) in [6.07, 6.45) is 0.218. The number of Topliss-reactive ketones (excluding diaryl/α,β-unsaturated/α-hetero) is 1. The lowest BCUT2D eigenvalue weighted by Crippen LogP contribution is -2.14. The second kappa shape index (κ2) is 7.46. The zero-order chi connectivity index (χ0) is 20.5. The molecule has 28 heavy (non-hydrogen) atoms. The normalized spacial score (nSPS) is 11.6. The summed E-state index contributed by atoms with van der Waals surface area (Å²) in [5.41, 5.74) is 3.40. The van der Waals surface area contributed by atoms with Crippen LogP contribution in [0.2, 0.25) is 0 Å². The molecule has 0 aliphatic heterocycles. The first-order valence-corrected chi connectivity index (χ1v) is 9.18. The smallest absolute Gasteiger partial charge is 0.408 e.